The number of nitrogens with zero attached hydrogens (tertiary/aromatic N) is 2. The average Bonchev–Trinajstić information content (AvgIpc) is 2.14. The Morgan fingerprint density at radius 2 is 2.71 bits per heavy atom. The number of hydrogen-bond acceptors (Lipinski definition) is 2. The van der Waals surface area contributed by atoms with Gasteiger partial charge in [-0.1, -0.05) is 6.58 Å². The van der Waals surface area contributed by atoms with E-state index in [-0.39, 0.29) is 0 Å². The molecule has 0 bridgehead atoms. The smallest absolute Gasteiger partial charge is 0.104 e. The maximum atomic E-state index is 3.68. The Labute approximate surface area is 41.1 Å². The molecule has 0 unspecified atom stereocenters. The van der Waals surface area contributed by atoms with Gasteiger partial charge < -0.3 is 0 Å². The second-order valence-corrected chi connectivity index (χ2v) is 1.10. The molecule has 0 spiro atoms. The van der Waals surface area contributed by atoms with Crippen LogP contribution < -0.4 is 0 Å². The Balaban J connectivity index is 2.96. The normalized spacial score (nSPS) is 8.57. The predicted molar refractivity (Wildman–Crippen MR) is 26.5 cm³/mol. The fourth-order valence-corrected chi connectivity index (χ4v) is 0.309. The molecule has 1 aromatic rings. The topological polar surface area (TPSA) is 41.6 Å². The first-order valence-corrected chi connectivity index (χ1v) is 1.91. The molecule has 1 N–H and O–H groups in total. The Hall–Kier alpha value is -1.12. The molecule has 0 saturated carbocycles. The highest BCUT2D eigenvalue weighted by Gasteiger charge is 1.80. The molecule has 0 amide bonds. The first-order valence-electron chi connectivity index (χ1n) is 1.91. The lowest BCUT2D eigenvalue weighted by Gasteiger charge is -1.67. The fraction of sp³-hybridized carbons (Fsp3) is 0. The molecule has 0 radical (unpaired) electrons. The molecule has 0 atom stereocenters. The predicted octanol–water partition coefficient (Wildman–Crippen LogP) is 0.448. The van der Waals surface area contributed by atoms with Crippen LogP contribution in [-0.4, -0.2) is 15.4 Å². The molecule has 0 aliphatic rings. The molecule has 36 valence electrons. The summed E-state index contributed by atoms with van der Waals surface area (Å²) in [4.78, 5) is 0. The zero-order chi connectivity index (χ0) is 5.11. The maximum Gasteiger partial charge on any atom is 0.104 e. The first-order chi connectivity index (χ1) is 3.43. The Morgan fingerprint density at radius 3 is 3.00 bits per heavy atom. The summed E-state index contributed by atoms with van der Waals surface area (Å²) in [5.74, 6) is 0. The lowest BCUT2D eigenvalue weighted by molar-refractivity contribution is 0.937. The van der Waals surface area contributed by atoms with E-state index >= 15 is 0 Å². The number of hydrogen-bond donors (Lipinski definition) is 1. The van der Waals surface area contributed by atoms with Gasteiger partial charge in [0, 0.05) is 0 Å². The van der Waals surface area contributed by atoms with E-state index in [0.29, 0.717) is 0 Å². The van der Waals surface area contributed by atoms with Crippen LogP contribution in [0.5, 0.6) is 0 Å². The number of aromatic amines is 1. The van der Waals surface area contributed by atoms with E-state index in [1.165, 1.54) is 0 Å². The van der Waals surface area contributed by atoms with Crippen LogP contribution >= 0.6 is 0 Å². The zero-order valence-electron chi connectivity index (χ0n) is 3.76. The third-order valence-electron chi connectivity index (χ3n) is 0.643. The molecule has 1 rings (SSSR count). The van der Waals surface area contributed by atoms with Crippen molar-refractivity contribution in [2.24, 2.45) is 0 Å². The summed E-state index contributed by atoms with van der Waals surface area (Å²) in [5, 5.41) is 9.68. The van der Waals surface area contributed by atoms with Crippen molar-refractivity contribution in [2.75, 3.05) is 0 Å². The van der Waals surface area contributed by atoms with Gasteiger partial charge >= 0.3 is 0 Å². The number of aromatic nitrogens is 3. The molecule has 3 nitrogen and oxygen atoms in total. The van der Waals surface area contributed by atoms with Gasteiger partial charge in [-0.05, 0) is 6.08 Å². The molecule has 0 fully saturated rings. The van der Waals surface area contributed by atoms with Crippen LogP contribution in [0.25, 0.3) is 6.08 Å². The number of H-pyrrole nitrogens is 1. The van der Waals surface area contributed by atoms with Gasteiger partial charge in [-0.3, -0.25) is 0 Å². The molecular weight excluding hydrogens is 90.1 g/mol. The zero-order valence-corrected chi connectivity index (χ0v) is 3.76. The van der Waals surface area contributed by atoms with Gasteiger partial charge in [0.25, 0.3) is 0 Å². The summed E-state index contributed by atoms with van der Waals surface area (Å²) >= 11 is 0. The van der Waals surface area contributed by atoms with E-state index in [9.17, 15) is 0 Å². The quantitative estimate of drug-likeness (QED) is 0.550. The summed E-state index contributed by atoms with van der Waals surface area (Å²) in [6, 6.07) is 0. The molecule has 1 heterocycles. The van der Waals surface area contributed by atoms with Gasteiger partial charge in [-0.2, -0.15) is 15.4 Å². The molecule has 0 aromatic carbocycles. The fourth-order valence-electron chi connectivity index (χ4n) is 0.309. The van der Waals surface area contributed by atoms with E-state index in [4.69, 9.17) is 0 Å². The molecule has 7 heavy (non-hydrogen) atoms. The standard InChI is InChI=1S/C4H5N3/c1-2-4-3-5-7-6-4/h2-3H,1H2,(H,5,6,7). The van der Waals surface area contributed by atoms with E-state index < -0.39 is 0 Å². The highest BCUT2D eigenvalue weighted by Crippen LogP contribution is 1.86. The van der Waals surface area contributed by atoms with Crippen LogP contribution in [0.1, 0.15) is 5.69 Å². The first kappa shape index (κ1) is 4.05. The van der Waals surface area contributed by atoms with Crippen molar-refractivity contribution < 1.29 is 0 Å². The third kappa shape index (κ3) is 0.652. The minimum atomic E-state index is 0.778. The van der Waals surface area contributed by atoms with Crippen molar-refractivity contribution in [3.8, 4) is 0 Å². The maximum absolute atomic E-state index is 3.68. The van der Waals surface area contributed by atoms with Crippen molar-refractivity contribution >= 4 is 6.08 Å². The van der Waals surface area contributed by atoms with Gasteiger partial charge in [0.2, 0.25) is 0 Å². The van der Waals surface area contributed by atoms with E-state index in [0.717, 1.165) is 5.69 Å². The Kier molecular flexibility index (Phi) is 0.898. The van der Waals surface area contributed by atoms with Crippen molar-refractivity contribution in [1.82, 2.24) is 15.4 Å². The number of rotatable bonds is 1. The SMILES string of the molecule is C=Cc1cn[nH]n1. The van der Waals surface area contributed by atoms with Crippen LogP contribution in [0, 0.1) is 0 Å². The molecular formula is C4H5N3. The lowest BCUT2D eigenvalue weighted by atomic mass is 10.5. The monoisotopic (exact) mass is 95.0 g/mol. The molecule has 1 aromatic heterocycles. The lowest BCUT2D eigenvalue weighted by Crippen LogP contribution is -1.67. The van der Waals surface area contributed by atoms with Crippen molar-refractivity contribution in [2.45, 2.75) is 0 Å². The summed E-state index contributed by atoms with van der Waals surface area (Å²) in [6.45, 7) is 3.48. The van der Waals surface area contributed by atoms with Gasteiger partial charge in [0.1, 0.15) is 5.69 Å². The van der Waals surface area contributed by atoms with Crippen LogP contribution in [-0.2, 0) is 0 Å². The van der Waals surface area contributed by atoms with Crippen molar-refractivity contribution in [3.63, 3.8) is 0 Å². The Bertz CT molecular complexity index is 142. The summed E-state index contributed by atoms with van der Waals surface area (Å²) in [5.41, 5.74) is 0.778. The summed E-state index contributed by atoms with van der Waals surface area (Å²) in [7, 11) is 0. The highest BCUT2D eigenvalue weighted by molar-refractivity contribution is 5.37. The third-order valence-corrected chi connectivity index (χ3v) is 0.643. The number of nitrogens with one attached hydrogen (secondary N) is 1. The minimum absolute atomic E-state index is 0.778. The second kappa shape index (κ2) is 1.55. The molecule has 0 aliphatic heterocycles. The van der Waals surface area contributed by atoms with Crippen LogP contribution in [0.4, 0.5) is 0 Å². The van der Waals surface area contributed by atoms with Crippen molar-refractivity contribution in [3.05, 3.63) is 18.5 Å². The van der Waals surface area contributed by atoms with Crippen LogP contribution in [0.2, 0.25) is 0 Å². The minimum Gasteiger partial charge on any atom is -0.197 e. The molecule has 3 heteroatoms. The molecule has 0 aliphatic carbocycles. The second-order valence-electron chi connectivity index (χ2n) is 1.10. The van der Waals surface area contributed by atoms with Crippen molar-refractivity contribution in [1.29, 1.82) is 0 Å². The highest BCUT2D eigenvalue weighted by atomic mass is 15.3. The largest absolute Gasteiger partial charge is 0.197 e. The van der Waals surface area contributed by atoms with E-state index in [1.54, 1.807) is 12.3 Å². The van der Waals surface area contributed by atoms with E-state index in [2.05, 4.69) is 22.0 Å². The van der Waals surface area contributed by atoms with Gasteiger partial charge in [0.05, 0.1) is 6.20 Å². The van der Waals surface area contributed by atoms with E-state index in [1.807, 2.05) is 0 Å². The van der Waals surface area contributed by atoms with Crippen LogP contribution in [0.3, 0.4) is 0 Å². The van der Waals surface area contributed by atoms with Gasteiger partial charge in [-0.25, -0.2) is 0 Å². The molecule has 0 saturated heterocycles. The Morgan fingerprint density at radius 1 is 1.86 bits per heavy atom. The van der Waals surface area contributed by atoms with Gasteiger partial charge in [-0.15, -0.1) is 0 Å². The summed E-state index contributed by atoms with van der Waals surface area (Å²) < 4.78 is 0. The van der Waals surface area contributed by atoms with Gasteiger partial charge in [0.15, 0.2) is 0 Å². The van der Waals surface area contributed by atoms with Crippen LogP contribution in [0.15, 0.2) is 12.8 Å². The summed E-state index contributed by atoms with van der Waals surface area (Å²) in [6.07, 6.45) is 3.23. The average molecular weight is 95.1 g/mol.